The monoisotopic (exact) mass is 346 g/mol. The molecule has 0 aromatic heterocycles. The fourth-order valence-corrected chi connectivity index (χ4v) is 3.03. The van der Waals surface area contributed by atoms with Crippen molar-refractivity contribution in [3.8, 4) is 5.75 Å². The Morgan fingerprint density at radius 2 is 2.08 bits per heavy atom. The average molecular weight is 346 g/mol. The van der Waals surface area contributed by atoms with Crippen molar-refractivity contribution in [3.05, 3.63) is 53.5 Å². The minimum Gasteiger partial charge on any atom is -0.484 e. The van der Waals surface area contributed by atoms with Gasteiger partial charge in [0.1, 0.15) is 11.6 Å². The van der Waals surface area contributed by atoms with Crippen LogP contribution >= 0.6 is 0 Å². The number of nitrogens with one attached hydrogen (secondary N) is 1. The highest BCUT2D eigenvalue weighted by Gasteiger charge is 2.26. The summed E-state index contributed by atoms with van der Waals surface area (Å²) in [4.78, 5) is 14.1. The number of benzene rings is 1. The third-order valence-electron chi connectivity index (χ3n) is 4.50. The van der Waals surface area contributed by atoms with Crippen molar-refractivity contribution in [2.45, 2.75) is 31.9 Å². The molecule has 1 fully saturated rings. The second kappa shape index (κ2) is 8.16. The number of hydrogen-bond acceptors (Lipinski definition) is 4. The predicted molar refractivity (Wildman–Crippen MR) is 92.5 cm³/mol. The highest BCUT2D eigenvalue weighted by atomic mass is 19.1. The maximum Gasteiger partial charge on any atom is 0.260 e. The number of nitrogens with zero attached hydrogens (tertiary/aromatic N) is 1. The largest absolute Gasteiger partial charge is 0.484 e. The molecule has 1 aliphatic carbocycles. The van der Waals surface area contributed by atoms with Crippen LogP contribution in [-0.4, -0.2) is 41.7 Å². The van der Waals surface area contributed by atoms with Crippen molar-refractivity contribution >= 4 is 5.91 Å². The van der Waals surface area contributed by atoms with Crippen LogP contribution in [0.3, 0.4) is 0 Å². The van der Waals surface area contributed by atoms with Gasteiger partial charge in [0.15, 0.2) is 6.61 Å². The van der Waals surface area contributed by atoms with E-state index in [1.165, 1.54) is 6.08 Å². The lowest BCUT2D eigenvalue weighted by Crippen LogP contribution is -2.37. The third-order valence-corrected chi connectivity index (χ3v) is 4.50. The maximum atomic E-state index is 13.0. The summed E-state index contributed by atoms with van der Waals surface area (Å²) in [5, 5.41) is 12.4. The number of ether oxygens (including phenoxy) is 1. The van der Waals surface area contributed by atoms with Crippen molar-refractivity contribution in [1.29, 1.82) is 0 Å². The first kappa shape index (κ1) is 17.5. The zero-order chi connectivity index (χ0) is 17.6. The maximum absolute atomic E-state index is 13.0. The van der Waals surface area contributed by atoms with Gasteiger partial charge in [-0.05, 0) is 42.7 Å². The molecular formula is C19H23FN2O3. The molecule has 134 valence electrons. The Hall–Kier alpha value is -2.34. The second-order valence-corrected chi connectivity index (χ2v) is 6.37. The molecule has 1 amide bonds. The lowest BCUT2D eigenvalue weighted by atomic mass is 10.1. The number of allylic oxidation sites excluding steroid dienone is 4. The lowest BCUT2D eigenvalue weighted by Gasteiger charge is -2.20. The van der Waals surface area contributed by atoms with E-state index in [1.54, 1.807) is 35.2 Å². The molecule has 1 unspecified atom stereocenters. The van der Waals surface area contributed by atoms with Crippen LogP contribution in [0.25, 0.3) is 0 Å². The molecule has 2 aliphatic rings. The van der Waals surface area contributed by atoms with E-state index in [9.17, 15) is 9.18 Å². The van der Waals surface area contributed by atoms with Crippen molar-refractivity contribution in [1.82, 2.24) is 10.2 Å². The molecule has 2 N–H and O–H groups in total. The molecule has 25 heavy (non-hydrogen) atoms. The summed E-state index contributed by atoms with van der Waals surface area (Å²) in [7, 11) is 0. The Morgan fingerprint density at radius 3 is 2.76 bits per heavy atom. The van der Waals surface area contributed by atoms with Gasteiger partial charge in [0.05, 0.1) is 6.61 Å². The normalized spacial score (nSPS) is 20.1. The molecule has 3 rings (SSSR count). The fraction of sp³-hybridized carbons (Fsp3) is 0.421. The van der Waals surface area contributed by atoms with Crippen LogP contribution < -0.4 is 10.1 Å². The number of carbonyl (C=O) groups is 1. The van der Waals surface area contributed by atoms with Gasteiger partial charge in [-0.3, -0.25) is 4.79 Å². The van der Waals surface area contributed by atoms with Gasteiger partial charge in [-0.1, -0.05) is 12.1 Å². The van der Waals surface area contributed by atoms with E-state index in [0.29, 0.717) is 31.7 Å². The Labute approximate surface area is 146 Å². The van der Waals surface area contributed by atoms with Crippen LogP contribution in [0.1, 0.15) is 24.8 Å². The van der Waals surface area contributed by atoms with Crippen molar-refractivity contribution in [2.24, 2.45) is 0 Å². The SMILES string of the molecule is O=C(COc1ccc(CO)cc1)N1CCC(NC2=CC=C(F)CC2)C1. The molecule has 0 saturated carbocycles. The zero-order valence-corrected chi connectivity index (χ0v) is 14.1. The summed E-state index contributed by atoms with van der Waals surface area (Å²) in [6.07, 6.45) is 5.28. The van der Waals surface area contributed by atoms with Crippen LogP contribution in [0.5, 0.6) is 5.75 Å². The quantitative estimate of drug-likeness (QED) is 0.830. The molecule has 1 atom stereocenters. The molecule has 5 nitrogen and oxygen atoms in total. The number of aliphatic hydroxyl groups is 1. The number of halogens is 1. The van der Waals surface area contributed by atoms with Crippen LogP contribution in [0.4, 0.5) is 4.39 Å². The molecule has 0 bridgehead atoms. The van der Waals surface area contributed by atoms with Crippen molar-refractivity contribution in [3.63, 3.8) is 0 Å². The Balaban J connectivity index is 1.44. The van der Waals surface area contributed by atoms with Crippen molar-refractivity contribution < 1.29 is 19.0 Å². The highest BCUT2D eigenvalue weighted by molar-refractivity contribution is 5.78. The zero-order valence-electron chi connectivity index (χ0n) is 14.1. The number of hydrogen-bond donors (Lipinski definition) is 2. The number of rotatable bonds is 6. The topological polar surface area (TPSA) is 61.8 Å². The molecule has 1 aromatic rings. The minimum atomic E-state index is -0.0852. The number of aliphatic hydroxyl groups excluding tert-OH is 1. The van der Waals surface area contributed by atoms with Gasteiger partial charge >= 0.3 is 0 Å². The summed E-state index contributed by atoms with van der Waals surface area (Å²) < 4.78 is 18.5. The van der Waals surface area contributed by atoms with Crippen LogP contribution in [-0.2, 0) is 11.4 Å². The summed E-state index contributed by atoms with van der Waals surface area (Å²) >= 11 is 0. The first-order valence-electron chi connectivity index (χ1n) is 8.56. The first-order valence-corrected chi connectivity index (χ1v) is 8.56. The van der Waals surface area contributed by atoms with Gasteiger partial charge in [0.2, 0.25) is 0 Å². The van der Waals surface area contributed by atoms with E-state index >= 15 is 0 Å². The Morgan fingerprint density at radius 1 is 1.28 bits per heavy atom. The highest BCUT2D eigenvalue weighted by Crippen LogP contribution is 2.20. The lowest BCUT2D eigenvalue weighted by molar-refractivity contribution is -0.132. The first-order chi connectivity index (χ1) is 12.1. The van der Waals surface area contributed by atoms with Crippen LogP contribution in [0.15, 0.2) is 47.9 Å². The van der Waals surface area contributed by atoms with E-state index in [-0.39, 0.29) is 31.0 Å². The summed E-state index contributed by atoms with van der Waals surface area (Å²) in [6, 6.07) is 7.23. The van der Waals surface area contributed by atoms with Crippen LogP contribution in [0.2, 0.25) is 0 Å². The number of carbonyl (C=O) groups excluding carboxylic acids is 1. The average Bonchev–Trinajstić information content (AvgIpc) is 3.10. The molecular weight excluding hydrogens is 323 g/mol. The molecule has 0 radical (unpaired) electrons. The summed E-state index contributed by atoms with van der Waals surface area (Å²) in [5.41, 5.74) is 1.83. The fourth-order valence-electron chi connectivity index (χ4n) is 3.03. The van der Waals surface area contributed by atoms with E-state index in [4.69, 9.17) is 9.84 Å². The molecule has 1 saturated heterocycles. The Kier molecular flexibility index (Phi) is 5.71. The molecule has 1 heterocycles. The van der Waals surface area contributed by atoms with Gasteiger partial charge in [-0.15, -0.1) is 0 Å². The third kappa shape index (κ3) is 4.82. The van der Waals surface area contributed by atoms with E-state index < -0.39 is 0 Å². The number of likely N-dealkylation sites (tertiary alicyclic amines) is 1. The van der Waals surface area contributed by atoms with Gasteiger partial charge in [0.25, 0.3) is 5.91 Å². The van der Waals surface area contributed by atoms with E-state index in [0.717, 1.165) is 17.7 Å². The van der Waals surface area contributed by atoms with Crippen LogP contribution in [0, 0.1) is 0 Å². The van der Waals surface area contributed by atoms with Gasteiger partial charge < -0.3 is 20.1 Å². The Bertz CT molecular complexity index is 670. The molecule has 0 spiro atoms. The second-order valence-electron chi connectivity index (χ2n) is 6.37. The summed E-state index contributed by atoms with van der Waals surface area (Å²) in [6.45, 7) is 1.32. The van der Waals surface area contributed by atoms with Gasteiger partial charge in [-0.2, -0.15) is 0 Å². The molecule has 6 heteroatoms. The smallest absolute Gasteiger partial charge is 0.260 e. The van der Waals surface area contributed by atoms with E-state index in [1.807, 2.05) is 0 Å². The summed E-state index contributed by atoms with van der Waals surface area (Å²) in [5.74, 6) is 0.484. The van der Waals surface area contributed by atoms with Gasteiger partial charge in [-0.25, -0.2) is 4.39 Å². The molecule has 1 aromatic carbocycles. The standard InChI is InChI=1S/C19H23FN2O3/c20-15-3-5-16(6-4-15)21-17-9-10-22(11-17)19(24)13-25-18-7-1-14(12-23)2-8-18/h1-3,5,7-8,17,21,23H,4,6,9-13H2. The van der Waals surface area contributed by atoms with E-state index in [2.05, 4.69) is 5.32 Å². The molecule has 1 aliphatic heterocycles. The van der Waals surface area contributed by atoms with Gasteiger partial charge in [0, 0.05) is 31.2 Å². The number of amides is 1. The predicted octanol–water partition coefficient (Wildman–Crippen LogP) is 2.28. The van der Waals surface area contributed by atoms with Crippen molar-refractivity contribution in [2.75, 3.05) is 19.7 Å². The minimum absolute atomic E-state index is 0.00182.